The van der Waals surface area contributed by atoms with Crippen molar-refractivity contribution in [1.29, 1.82) is 0 Å². The average Bonchev–Trinajstić information content (AvgIpc) is 2.80. The third kappa shape index (κ3) is 2.02. The van der Waals surface area contributed by atoms with Gasteiger partial charge >= 0.3 is 5.97 Å². The molecule has 1 aromatic carbocycles. The van der Waals surface area contributed by atoms with Gasteiger partial charge in [0.2, 0.25) is 0 Å². The number of aromatic hydroxyl groups is 1. The standard InChI is InChI=1S/C14H14N2O3S/c1-8-12(13(18)19)20-14(15-8)16-7-3-5-9-4-2-6-10(17)11(9)16/h2,4,6,17H,3,5,7H2,1H3,(H,18,19). The summed E-state index contributed by atoms with van der Waals surface area (Å²) in [6, 6.07) is 5.46. The summed E-state index contributed by atoms with van der Waals surface area (Å²) in [6.45, 7) is 2.43. The van der Waals surface area contributed by atoms with E-state index in [4.69, 9.17) is 5.11 Å². The van der Waals surface area contributed by atoms with E-state index in [9.17, 15) is 9.90 Å². The van der Waals surface area contributed by atoms with Crippen molar-refractivity contribution < 1.29 is 15.0 Å². The monoisotopic (exact) mass is 290 g/mol. The maximum atomic E-state index is 11.1. The van der Waals surface area contributed by atoms with Gasteiger partial charge in [0.25, 0.3) is 0 Å². The summed E-state index contributed by atoms with van der Waals surface area (Å²) in [4.78, 5) is 17.6. The number of aromatic nitrogens is 1. The normalized spacial score (nSPS) is 14.2. The molecule has 104 valence electrons. The van der Waals surface area contributed by atoms with Gasteiger partial charge in [0, 0.05) is 6.54 Å². The zero-order valence-corrected chi connectivity index (χ0v) is 11.8. The minimum Gasteiger partial charge on any atom is -0.506 e. The molecule has 3 rings (SSSR count). The number of nitrogens with zero attached hydrogens (tertiary/aromatic N) is 2. The first-order valence-electron chi connectivity index (χ1n) is 6.37. The van der Waals surface area contributed by atoms with Crippen molar-refractivity contribution in [3.05, 3.63) is 34.3 Å². The first-order valence-corrected chi connectivity index (χ1v) is 7.18. The Labute approximate surface area is 120 Å². The summed E-state index contributed by atoms with van der Waals surface area (Å²) in [6.07, 6.45) is 1.87. The van der Waals surface area contributed by atoms with Crippen molar-refractivity contribution in [2.24, 2.45) is 0 Å². The Balaban J connectivity index is 2.09. The van der Waals surface area contributed by atoms with Gasteiger partial charge in [-0.25, -0.2) is 9.78 Å². The second-order valence-electron chi connectivity index (χ2n) is 4.76. The van der Waals surface area contributed by atoms with Crippen LogP contribution in [0.3, 0.4) is 0 Å². The highest BCUT2D eigenvalue weighted by Gasteiger charge is 2.25. The molecule has 0 unspecified atom stereocenters. The average molecular weight is 290 g/mol. The maximum absolute atomic E-state index is 11.1. The number of thiazole rings is 1. The van der Waals surface area contributed by atoms with Crippen LogP contribution in [0.4, 0.5) is 10.8 Å². The topological polar surface area (TPSA) is 73.7 Å². The van der Waals surface area contributed by atoms with E-state index in [2.05, 4.69) is 4.98 Å². The molecule has 0 saturated carbocycles. The molecule has 0 saturated heterocycles. The van der Waals surface area contributed by atoms with Crippen LogP contribution in [-0.2, 0) is 6.42 Å². The van der Waals surface area contributed by atoms with Crippen LogP contribution in [0, 0.1) is 6.92 Å². The lowest BCUT2D eigenvalue weighted by molar-refractivity contribution is 0.0701. The second kappa shape index (κ2) is 4.79. The largest absolute Gasteiger partial charge is 0.506 e. The molecule has 1 aliphatic heterocycles. The van der Waals surface area contributed by atoms with Crippen molar-refractivity contribution in [1.82, 2.24) is 4.98 Å². The highest BCUT2D eigenvalue weighted by molar-refractivity contribution is 7.17. The molecule has 0 spiro atoms. The lowest BCUT2D eigenvalue weighted by Crippen LogP contribution is -2.24. The van der Waals surface area contributed by atoms with Gasteiger partial charge in [-0.05, 0) is 31.4 Å². The molecular formula is C14H14N2O3S. The second-order valence-corrected chi connectivity index (χ2v) is 5.73. The molecule has 0 radical (unpaired) electrons. The number of phenols is 1. The molecule has 5 nitrogen and oxygen atoms in total. The van der Waals surface area contributed by atoms with Crippen LogP contribution in [-0.4, -0.2) is 27.7 Å². The SMILES string of the molecule is Cc1nc(N2CCCc3cccc(O)c32)sc1C(=O)O. The predicted octanol–water partition coefficient (Wildman–Crippen LogP) is 2.94. The summed E-state index contributed by atoms with van der Waals surface area (Å²) in [5, 5.41) is 19.8. The first-order chi connectivity index (χ1) is 9.58. The molecule has 0 amide bonds. The number of aromatic carboxylic acids is 1. The van der Waals surface area contributed by atoms with E-state index in [1.54, 1.807) is 13.0 Å². The smallest absolute Gasteiger partial charge is 0.347 e. The Hall–Kier alpha value is -2.08. The van der Waals surface area contributed by atoms with Gasteiger partial charge < -0.3 is 15.1 Å². The number of benzene rings is 1. The van der Waals surface area contributed by atoms with Crippen molar-refractivity contribution in [3.63, 3.8) is 0 Å². The summed E-state index contributed by atoms with van der Waals surface area (Å²) < 4.78 is 0. The molecule has 2 N–H and O–H groups in total. The number of fused-ring (bicyclic) bond motifs is 1. The third-order valence-corrected chi connectivity index (χ3v) is 4.57. The summed E-state index contributed by atoms with van der Waals surface area (Å²) >= 11 is 1.15. The number of aryl methyl sites for hydroxylation is 2. The van der Waals surface area contributed by atoms with Crippen LogP contribution in [0.5, 0.6) is 5.75 Å². The number of carbonyl (C=O) groups is 1. The predicted molar refractivity (Wildman–Crippen MR) is 77.2 cm³/mol. The lowest BCUT2D eigenvalue weighted by atomic mass is 10.0. The fourth-order valence-corrected chi connectivity index (χ4v) is 3.46. The molecule has 0 fully saturated rings. The molecule has 0 aliphatic carbocycles. The molecule has 6 heteroatoms. The number of para-hydroxylation sites is 1. The zero-order chi connectivity index (χ0) is 14.3. The molecular weight excluding hydrogens is 276 g/mol. The first kappa shape index (κ1) is 12.9. The van der Waals surface area contributed by atoms with Crippen LogP contribution in [0.1, 0.15) is 27.3 Å². The van der Waals surface area contributed by atoms with Gasteiger partial charge in [-0.15, -0.1) is 0 Å². The number of phenolic OH excluding ortho intramolecular Hbond substituents is 1. The van der Waals surface area contributed by atoms with Crippen LogP contribution in [0.2, 0.25) is 0 Å². The molecule has 0 atom stereocenters. The fraction of sp³-hybridized carbons (Fsp3) is 0.286. The molecule has 2 heterocycles. The van der Waals surface area contributed by atoms with Gasteiger partial charge in [0.15, 0.2) is 5.13 Å². The Morgan fingerprint density at radius 2 is 2.25 bits per heavy atom. The quantitative estimate of drug-likeness (QED) is 0.889. The Morgan fingerprint density at radius 3 is 2.95 bits per heavy atom. The molecule has 1 aromatic heterocycles. The van der Waals surface area contributed by atoms with Gasteiger partial charge in [-0.2, -0.15) is 0 Å². The van der Waals surface area contributed by atoms with E-state index < -0.39 is 5.97 Å². The van der Waals surface area contributed by atoms with E-state index in [1.165, 1.54) is 0 Å². The van der Waals surface area contributed by atoms with Gasteiger partial charge in [0.1, 0.15) is 10.6 Å². The van der Waals surface area contributed by atoms with Crippen molar-refractivity contribution in [3.8, 4) is 5.75 Å². The number of hydrogen-bond donors (Lipinski definition) is 2. The van der Waals surface area contributed by atoms with Crippen LogP contribution in [0.15, 0.2) is 18.2 Å². The zero-order valence-electron chi connectivity index (χ0n) is 11.0. The molecule has 20 heavy (non-hydrogen) atoms. The van der Waals surface area contributed by atoms with Crippen molar-refractivity contribution in [2.45, 2.75) is 19.8 Å². The number of rotatable bonds is 2. The Bertz CT molecular complexity index is 681. The molecule has 1 aliphatic rings. The third-order valence-electron chi connectivity index (χ3n) is 3.41. The summed E-state index contributed by atoms with van der Waals surface area (Å²) in [5.41, 5.74) is 2.34. The van der Waals surface area contributed by atoms with Gasteiger partial charge in [0.05, 0.1) is 11.4 Å². The number of carboxylic acid groups (broad SMARTS) is 1. The van der Waals surface area contributed by atoms with Crippen LogP contribution < -0.4 is 4.90 Å². The van der Waals surface area contributed by atoms with Gasteiger partial charge in [-0.1, -0.05) is 23.5 Å². The van der Waals surface area contributed by atoms with Crippen molar-refractivity contribution >= 4 is 28.1 Å². The maximum Gasteiger partial charge on any atom is 0.347 e. The highest BCUT2D eigenvalue weighted by Crippen LogP contribution is 2.41. The molecule has 2 aromatic rings. The lowest BCUT2D eigenvalue weighted by Gasteiger charge is -2.29. The minimum atomic E-state index is -0.958. The summed E-state index contributed by atoms with van der Waals surface area (Å²) in [7, 11) is 0. The van der Waals surface area contributed by atoms with Crippen molar-refractivity contribution in [2.75, 3.05) is 11.4 Å². The van der Waals surface area contributed by atoms with E-state index in [-0.39, 0.29) is 10.6 Å². The van der Waals surface area contributed by atoms with E-state index in [1.807, 2.05) is 17.0 Å². The van der Waals surface area contributed by atoms with E-state index in [0.717, 1.165) is 42.0 Å². The number of carboxylic acids is 1. The Kier molecular flexibility index (Phi) is 3.10. The minimum absolute atomic E-state index is 0.215. The Morgan fingerprint density at radius 1 is 1.45 bits per heavy atom. The number of hydrogen-bond acceptors (Lipinski definition) is 5. The van der Waals surface area contributed by atoms with E-state index >= 15 is 0 Å². The van der Waals surface area contributed by atoms with Gasteiger partial charge in [-0.3, -0.25) is 0 Å². The summed E-state index contributed by atoms with van der Waals surface area (Å²) in [5.74, 6) is -0.743. The highest BCUT2D eigenvalue weighted by atomic mass is 32.1. The van der Waals surface area contributed by atoms with Crippen LogP contribution in [0.25, 0.3) is 0 Å². The molecule has 0 bridgehead atoms. The number of anilines is 2. The fourth-order valence-electron chi connectivity index (χ4n) is 2.52. The van der Waals surface area contributed by atoms with E-state index in [0.29, 0.717) is 10.8 Å². The van der Waals surface area contributed by atoms with Crippen LogP contribution >= 0.6 is 11.3 Å².